The number of aryl methyl sites for hydroxylation is 1. The summed E-state index contributed by atoms with van der Waals surface area (Å²) in [7, 11) is 1.93. The van der Waals surface area contributed by atoms with Gasteiger partial charge in [0.2, 0.25) is 0 Å². The minimum Gasteiger partial charge on any atom is -0.478 e. The first-order valence-corrected chi connectivity index (χ1v) is 14.6. The molecule has 7 rings (SSSR count). The molecule has 2 aliphatic rings. The standard InChI is InChI=1S/C31H34N8O4/c1-20-16-38(28-7-9-32-31(35-28)43-19-21-3-4-23-15-33-36(2)26(23)13-21)11-10-37(20)18-29-34-25-6-5-22(30(40)41)14-27(25)39(29)17-24-8-12-42-24/h3-7,9,13-15,20,24H,8,10-12,16-19H2,1-2H3,(H,40,41)/t20?,24-/m0/s1. The summed E-state index contributed by atoms with van der Waals surface area (Å²) in [6, 6.07) is 13.8. The first kappa shape index (κ1) is 27.3. The van der Waals surface area contributed by atoms with E-state index in [2.05, 4.69) is 37.4 Å². The Bertz CT molecular complexity index is 1800. The number of imidazole rings is 1. The van der Waals surface area contributed by atoms with Crippen LogP contribution < -0.4 is 9.64 Å². The van der Waals surface area contributed by atoms with E-state index in [-0.39, 0.29) is 17.7 Å². The summed E-state index contributed by atoms with van der Waals surface area (Å²) in [6.45, 7) is 7.11. The normalized spacial score (nSPS) is 19.2. The van der Waals surface area contributed by atoms with E-state index >= 15 is 0 Å². The number of ether oxygens (including phenoxy) is 2. The second-order valence-electron chi connectivity index (χ2n) is 11.3. The van der Waals surface area contributed by atoms with Crippen LogP contribution in [0.1, 0.15) is 35.1 Å². The smallest absolute Gasteiger partial charge is 0.335 e. The molecule has 2 saturated heterocycles. The van der Waals surface area contributed by atoms with Gasteiger partial charge in [-0.05, 0) is 49.2 Å². The molecule has 0 bridgehead atoms. The lowest BCUT2D eigenvalue weighted by Crippen LogP contribution is -2.52. The number of carbonyl (C=O) groups is 1. The molecule has 0 amide bonds. The third-order valence-electron chi connectivity index (χ3n) is 8.49. The Morgan fingerprint density at radius 2 is 2.00 bits per heavy atom. The van der Waals surface area contributed by atoms with E-state index in [0.29, 0.717) is 25.7 Å². The zero-order valence-electron chi connectivity index (χ0n) is 24.3. The number of hydrogen-bond donors (Lipinski definition) is 1. The van der Waals surface area contributed by atoms with Crippen molar-refractivity contribution in [1.29, 1.82) is 0 Å². The van der Waals surface area contributed by atoms with Crippen molar-refractivity contribution < 1.29 is 19.4 Å². The Morgan fingerprint density at radius 3 is 2.79 bits per heavy atom. The van der Waals surface area contributed by atoms with Crippen LogP contribution in [0.5, 0.6) is 6.01 Å². The molecule has 43 heavy (non-hydrogen) atoms. The van der Waals surface area contributed by atoms with Crippen molar-refractivity contribution in [1.82, 2.24) is 34.2 Å². The lowest BCUT2D eigenvalue weighted by molar-refractivity contribution is -0.0592. The van der Waals surface area contributed by atoms with Crippen LogP contribution in [-0.4, -0.2) is 83.7 Å². The topological polar surface area (TPSA) is 124 Å². The van der Waals surface area contributed by atoms with Crippen LogP contribution in [0.25, 0.3) is 21.9 Å². The quantitative estimate of drug-likeness (QED) is 0.276. The molecular formula is C31H34N8O4. The number of hydrogen-bond acceptors (Lipinski definition) is 9. The summed E-state index contributed by atoms with van der Waals surface area (Å²) in [6.07, 6.45) is 4.72. The number of benzene rings is 2. The number of aromatic carboxylic acids is 1. The SMILES string of the molecule is CC1CN(c2ccnc(OCc3ccc4cnn(C)c4c3)n2)CCN1Cc1nc2ccc(C(=O)O)cc2n1C[C@@H]1CCO1. The van der Waals surface area contributed by atoms with Crippen molar-refractivity contribution in [2.24, 2.45) is 7.05 Å². The Labute approximate surface area is 248 Å². The Morgan fingerprint density at radius 1 is 1.12 bits per heavy atom. The van der Waals surface area contributed by atoms with E-state index in [4.69, 9.17) is 19.4 Å². The number of carboxylic acid groups (broad SMARTS) is 1. The molecule has 3 aromatic heterocycles. The van der Waals surface area contributed by atoms with Crippen LogP contribution in [0, 0.1) is 0 Å². The predicted octanol–water partition coefficient (Wildman–Crippen LogP) is 3.49. The van der Waals surface area contributed by atoms with Gasteiger partial charge < -0.3 is 24.0 Å². The highest BCUT2D eigenvalue weighted by atomic mass is 16.5. The summed E-state index contributed by atoms with van der Waals surface area (Å²) in [5, 5.41) is 14.9. The number of aromatic nitrogens is 6. The van der Waals surface area contributed by atoms with Gasteiger partial charge in [0, 0.05) is 50.9 Å². The first-order valence-electron chi connectivity index (χ1n) is 14.6. The van der Waals surface area contributed by atoms with Crippen LogP contribution in [-0.2, 0) is 31.5 Å². The second-order valence-corrected chi connectivity index (χ2v) is 11.3. The molecule has 12 nitrogen and oxygen atoms in total. The van der Waals surface area contributed by atoms with Gasteiger partial charge in [-0.3, -0.25) is 9.58 Å². The zero-order chi connectivity index (χ0) is 29.5. The van der Waals surface area contributed by atoms with Crippen molar-refractivity contribution >= 4 is 33.7 Å². The van der Waals surface area contributed by atoms with Crippen LogP contribution >= 0.6 is 0 Å². The minimum atomic E-state index is -0.940. The maximum atomic E-state index is 11.6. The van der Waals surface area contributed by atoms with Crippen molar-refractivity contribution in [2.45, 2.75) is 45.2 Å². The molecule has 222 valence electrons. The van der Waals surface area contributed by atoms with Crippen molar-refractivity contribution in [3.63, 3.8) is 0 Å². The van der Waals surface area contributed by atoms with Crippen LogP contribution in [0.2, 0.25) is 0 Å². The molecule has 0 radical (unpaired) electrons. The lowest BCUT2D eigenvalue weighted by atomic mass is 10.1. The summed E-state index contributed by atoms with van der Waals surface area (Å²) < 4.78 is 15.7. The van der Waals surface area contributed by atoms with Gasteiger partial charge in [0.05, 0.1) is 47.5 Å². The second kappa shape index (κ2) is 11.3. The van der Waals surface area contributed by atoms with E-state index in [1.54, 1.807) is 24.4 Å². The van der Waals surface area contributed by atoms with Crippen molar-refractivity contribution in [2.75, 3.05) is 31.1 Å². The van der Waals surface area contributed by atoms with Crippen molar-refractivity contribution in [3.8, 4) is 6.01 Å². The summed E-state index contributed by atoms with van der Waals surface area (Å²) in [5.41, 5.74) is 3.99. The third kappa shape index (κ3) is 5.51. The van der Waals surface area contributed by atoms with E-state index in [9.17, 15) is 9.90 Å². The molecular weight excluding hydrogens is 548 g/mol. The number of fused-ring (bicyclic) bond motifs is 2. The maximum Gasteiger partial charge on any atom is 0.335 e. The molecule has 0 spiro atoms. The number of carboxylic acids is 1. The summed E-state index contributed by atoms with van der Waals surface area (Å²) in [5.74, 6) is 0.829. The predicted molar refractivity (Wildman–Crippen MR) is 160 cm³/mol. The largest absolute Gasteiger partial charge is 0.478 e. The van der Waals surface area contributed by atoms with E-state index < -0.39 is 5.97 Å². The zero-order valence-corrected chi connectivity index (χ0v) is 24.3. The number of nitrogens with zero attached hydrogens (tertiary/aromatic N) is 8. The molecule has 2 aliphatic heterocycles. The Balaban J connectivity index is 1.03. The summed E-state index contributed by atoms with van der Waals surface area (Å²) >= 11 is 0. The van der Waals surface area contributed by atoms with Crippen LogP contribution in [0.3, 0.4) is 0 Å². The molecule has 1 N–H and O–H groups in total. The third-order valence-corrected chi connectivity index (χ3v) is 8.49. The molecule has 0 saturated carbocycles. The van der Waals surface area contributed by atoms with Crippen molar-refractivity contribution in [3.05, 3.63) is 71.8 Å². The first-order chi connectivity index (χ1) is 20.9. The average molecular weight is 583 g/mol. The molecule has 5 aromatic rings. The van der Waals surface area contributed by atoms with E-state index in [1.807, 2.05) is 36.1 Å². The molecule has 0 aliphatic carbocycles. The average Bonchev–Trinajstić information content (AvgIpc) is 3.53. The maximum absolute atomic E-state index is 11.6. The molecule has 2 atom stereocenters. The molecule has 5 heterocycles. The monoisotopic (exact) mass is 582 g/mol. The highest BCUT2D eigenvalue weighted by Gasteiger charge is 2.28. The van der Waals surface area contributed by atoms with Gasteiger partial charge in [-0.25, -0.2) is 14.8 Å². The van der Waals surface area contributed by atoms with Crippen LogP contribution in [0.4, 0.5) is 5.82 Å². The Hall–Kier alpha value is -4.55. The number of anilines is 1. The van der Waals surface area contributed by atoms with Gasteiger partial charge in [-0.2, -0.15) is 10.1 Å². The van der Waals surface area contributed by atoms with E-state index in [0.717, 1.165) is 71.8 Å². The van der Waals surface area contributed by atoms with Gasteiger partial charge >= 0.3 is 12.0 Å². The fraction of sp³-hybridized carbons (Fsp3) is 0.387. The van der Waals surface area contributed by atoms with Gasteiger partial charge in [0.15, 0.2) is 0 Å². The highest BCUT2D eigenvalue weighted by Crippen LogP contribution is 2.26. The highest BCUT2D eigenvalue weighted by molar-refractivity contribution is 5.92. The van der Waals surface area contributed by atoms with Gasteiger partial charge in [0.1, 0.15) is 18.2 Å². The number of rotatable bonds is 9. The molecule has 12 heteroatoms. The molecule has 1 unspecified atom stereocenters. The Kier molecular flexibility index (Phi) is 7.15. The van der Waals surface area contributed by atoms with Gasteiger partial charge in [0.25, 0.3) is 0 Å². The van der Waals surface area contributed by atoms with Crippen LogP contribution in [0.15, 0.2) is 54.9 Å². The van der Waals surface area contributed by atoms with E-state index in [1.165, 1.54) is 0 Å². The van der Waals surface area contributed by atoms with Gasteiger partial charge in [-0.1, -0.05) is 12.1 Å². The molecule has 2 fully saturated rings. The lowest BCUT2D eigenvalue weighted by Gasteiger charge is -2.40. The fourth-order valence-corrected chi connectivity index (χ4v) is 5.89. The van der Waals surface area contributed by atoms with Gasteiger partial charge in [-0.15, -0.1) is 0 Å². The molecule has 2 aromatic carbocycles. The fourth-order valence-electron chi connectivity index (χ4n) is 5.89. The summed E-state index contributed by atoms with van der Waals surface area (Å²) in [4.78, 5) is 30.3. The number of piperazine rings is 1. The minimum absolute atomic E-state index is 0.131.